The lowest BCUT2D eigenvalue weighted by atomic mass is 10.2. The third-order valence-electron chi connectivity index (χ3n) is 5.83. The van der Waals surface area contributed by atoms with Gasteiger partial charge in [0.15, 0.2) is 0 Å². The van der Waals surface area contributed by atoms with Gasteiger partial charge in [0, 0.05) is 26.2 Å². The van der Waals surface area contributed by atoms with Crippen molar-refractivity contribution in [1.82, 2.24) is 15.5 Å². The summed E-state index contributed by atoms with van der Waals surface area (Å²) in [6, 6.07) is 28.3. The number of nitrogens with one attached hydrogen (secondary N) is 1. The lowest BCUT2D eigenvalue weighted by molar-refractivity contribution is 0.0947. The zero-order chi connectivity index (χ0) is 28.3. The van der Waals surface area contributed by atoms with Gasteiger partial charge in [0.2, 0.25) is 0 Å². The number of hydrogen-bond acceptors (Lipinski definition) is 6. The number of nitrogens with zero attached hydrogens (tertiary/aromatic N) is 2. The van der Waals surface area contributed by atoms with Gasteiger partial charge < -0.3 is 24.4 Å². The molecular formula is C31H36N3O6. The molecule has 9 heteroatoms. The normalized spacial score (nSPS) is 10.3. The second-order valence-corrected chi connectivity index (χ2v) is 9.00. The minimum Gasteiger partial charge on any atom is -0.445 e. The lowest BCUT2D eigenvalue weighted by Gasteiger charge is -2.22. The molecular weight excluding hydrogens is 510 g/mol. The van der Waals surface area contributed by atoms with Crippen molar-refractivity contribution in [2.75, 3.05) is 26.2 Å². The van der Waals surface area contributed by atoms with E-state index in [1.165, 1.54) is 0 Å². The van der Waals surface area contributed by atoms with Crippen LogP contribution >= 0.6 is 0 Å². The SMILES string of the molecule is O=C([N]CCCN(CCCCNC(=O)OCc1ccccc1)C(=O)OCc1ccccc1)OCc1ccccc1. The van der Waals surface area contributed by atoms with Crippen molar-refractivity contribution in [1.29, 1.82) is 0 Å². The van der Waals surface area contributed by atoms with Crippen LogP contribution in [0, 0.1) is 0 Å². The van der Waals surface area contributed by atoms with Crippen LogP contribution in [0.5, 0.6) is 0 Å². The predicted octanol–water partition coefficient (Wildman–Crippen LogP) is 5.66. The van der Waals surface area contributed by atoms with E-state index in [0.29, 0.717) is 38.9 Å². The fourth-order valence-corrected chi connectivity index (χ4v) is 3.69. The number of amides is 3. The molecule has 1 radical (unpaired) electrons. The molecule has 0 aliphatic carbocycles. The van der Waals surface area contributed by atoms with Crippen molar-refractivity contribution in [3.63, 3.8) is 0 Å². The van der Waals surface area contributed by atoms with Crippen LogP contribution in [-0.4, -0.2) is 49.4 Å². The first-order chi connectivity index (χ1) is 19.6. The van der Waals surface area contributed by atoms with E-state index in [1.807, 2.05) is 91.0 Å². The van der Waals surface area contributed by atoms with Crippen LogP contribution in [0.15, 0.2) is 91.0 Å². The highest BCUT2D eigenvalue weighted by atomic mass is 16.6. The lowest BCUT2D eigenvalue weighted by Crippen LogP contribution is -2.35. The van der Waals surface area contributed by atoms with E-state index in [9.17, 15) is 14.4 Å². The monoisotopic (exact) mass is 546 g/mol. The molecule has 0 saturated carbocycles. The molecule has 0 unspecified atom stereocenters. The van der Waals surface area contributed by atoms with Gasteiger partial charge in [-0.05, 0) is 36.0 Å². The van der Waals surface area contributed by atoms with Gasteiger partial charge in [-0.25, -0.2) is 19.7 Å². The summed E-state index contributed by atoms with van der Waals surface area (Å²) >= 11 is 0. The number of alkyl carbamates (subject to hydrolysis) is 1. The summed E-state index contributed by atoms with van der Waals surface area (Å²) in [6.45, 7) is 1.99. The number of unbranched alkanes of at least 4 members (excludes halogenated alkanes) is 1. The Hall–Kier alpha value is -4.53. The fourth-order valence-electron chi connectivity index (χ4n) is 3.69. The van der Waals surface area contributed by atoms with Crippen LogP contribution in [0.4, 0.5) is 14.4 Å². The van der Waals surface area contributed by atoms with Crippen LogP contribution in [0.2, 0.25) is 0 Å². The first-order valence-corrected chi connectivity index (χ1v) is 13.4. The number of ether oxygens (including phenoxy) is 3. The van der Waals surface area contributed by atoms with Gasteiger partial charge in [0.25, 0.3) is 0 Å². The summed E-state index contributed by atoms with van der Waals surface area (Å²) in [5, 5.41) is 6.66. The van der Waals surface area contributed by atoms with Crippen molar-refractivity contribution in [3.8, 4) is 0 Å². The van der Waals surface area contributed by atoms with Crippen LogP contribution in [0.1, 0.15) is 36.0 Å². The second kappa shape index (κ2) is 17.9. The maximum absolute atomic E-state index is 12.8. The van der Waals surface area contributed by atoms with Crippen LogP contribution in [-0.2, 0) is 34.0 Å². The molecule has 9 nitrogen and oxygen atoms in total. The standard InChI is InChI=1S/C31H36N3O6/c35-29(38-23-26-13-4-1-5-14-26)32-19-10-11-21-34(31(37)40-25-28-17-8-3-9-18-28)22-12-20-33-30(36)39-24-27-15-6-2-7-16-27/h1-9,13-18H,10-12,19-25H2,(H,32,35). The van der Waals surface area contributed by atoms with Crippen molar-refractivity contribution >= 4 is 18.3 Å². The van der Waals surface area contributed by atoms with Crippen LogP contribution < -0.4 is 10.6 Å². The Kier molecular flexibility index (Phi) is 13.4. The molecule has 3 aromatic carbocycles. The zero-order valence-electron chi connectivity index (χ0n) is 22.6. The smallest absolute Gasteiger partial charge is 0.429 e. The average molecular weight is 547 g/mol. The van der Waals surface area contributed by atoms with E-state index in [2.05, 4.69) is 10.6 Å². The molecule has 3 amide bonds. The topological polar surface area (TPSA) is 108 Å². The molecule has 0 spiro atoms. The third kappa shape index (κ3) is 12.3. The summed E-state index contributed by atoms with van der Waals surface area (Å²) in [7, 11) is 0. The first-order valence-electron chi connectivity index (χ1n) is 13.4. The molecule has 0 saturated heterocycles. The van der Waals surface area contributed by atoms with Crippen molar-refractivity contribution in [3.05, 3.63) is 108 Å². The maximum atomic E-state index is 12.8. The molecule has 0 aliphatic rings. The van der Waals surface area contributed by atoms with E-state index in [-0.39, 0.29) is 26.4 Å². The van der Waals surface area contributed by atoms with Crippen LogP contribution in [0.25, 0.3) is 0 Å². The molecule has 0 aliphatic heterocycles. The quantitative estimate of drug-likeness (QED) is 0.195. The molecule has 0 bridgehead atoms. The molecule has 0 atom stereocenters. The first kappa shape index (κ1) is 30.0. The molecule has 211 valence electrons. The predicted molar refractivity (Wildman–Crippen MR) is 150 cm³/mol. The van der Waals surface area contributed by atoms with Gasteiger partial charge in [-0.3, -0.25) is 0 Å². The number of carbonyl (C=O) groups is 3. The van der Waals surface area contributed by atoms with E-state index < -0.39 is 18.3 Å². The van der Waals surface area contributed by atoms with E-state index in [4.69, 9.17) is 14.2 Å². The highest BCUT2D eigenvalue weighted by molar-refractivity contribution is 5.68. The van der Waals surface area contributed by atoms with Crippen molar-refractivity contribution in [2.45, 2.75) is 39.1 Å². The third-order valence-corrected chi connectivity index (χ3v) is 5.83. The summed E-state index contributed by atoms with van der Waals surface area (Å²) in [5.74, 6) is 0. The van der Waals surface area contributed by atoms with Gasteiger partial charge in [-0.15, -0.1) is 0 Å². The van der Waals surface area contributed by atoms with Crippen molar-refractivity contribution < 1.29 is 28.6 Å². The highest BCUT2D eigenvalue weighted by Gasteiger charge is 2.15. The number of benzene rings is 3. The Morgan fingerprint density at radius 3 is 1.70 bits per heavy atom. The zero-order valence-corrected chi connectivity index (χ0v) is 22.6. The van der Waals surface area contributed by atoms with E-state index in [1.54, 1.807) is 4.90 Å². The molecule has 0 aromatic heterocycles. The second-order valence-electron chi connectivity index (χ2n) is 9.00. The molecule has 1 N–H and O–H groups in total. The molecule has 40 heavy (non-hydrogen) atoms. The van der Waals surface area contributed by atoms with E-state index in [0.717, 1.165) is 16.7 Å². The molecule has 0 heterocycles. The van der Waals surface area contributed by atoms with Gasteiger partial charge >= 0.3 is 18.3 Å². The molecule has 0 fully saturated rings. The van der Waals surface area contributed by atoms with Gasteiger partial charge in [0.05, 0.1) is 0 Å². The summed E-state index contributed by atoms with van der Waals surface area (Å²) < 4.78 is 15.9. The Morgan fingerprint density at radius 1 is 0.625 bits per heavy atom. The Balaban J connectivity index is 1.35. The minimum absolute atomic E-state index is 0.162. The van der Waals surface area contributed by atoms with Gasteiger partial charge in [-0.2, -0.15) is 0 Å². The van der Waals surface area contributed by atoms with E-state index >= 15 is 0 Å². The Labute approximate surface area is 235 Å². The average Bonchev–Trinajstić information content (AvgIpc) is 3.00. The summed E-state index contributed by atoms with van der Waals surface area (Å²) in [4.78, 5) is 38.3. The van der Waals surface area contributed by atoms with Gasteiger partial charge in [0.1, 0.15) is 19.8 Å². The maximum Gasteiger partial charge on any atom is 0.429 e. The Morgan fingerprint density at radius 2 is 1.12 bits per heavy atom. The Bertz CT molecular complexity index is 1150. The number of carbonyl (C=O) groups excluding carboxylic acids is 3. The number of hydrogen-bond donors (Lipinski definition) is 1. The van der Waals surface area contributed by atoms with Gasteiger partial charge in [-0.1, -0.05) is 91.0 Å². The largest absolute Gasteiger partial charge is 0.445 e. The minimum atomic E-state index is -0.632. The highest BCUT2D eigenvalue weighted by Crippen LogP contribution is 2.07. The molecule has 3 aromatic rings. The summed E-state index contributed by atoms with van der Waals surface area (Å²) in [6.07, 6.45) is 0.224. The number of rotatable bonds is 15. The van der Waals surface area contributed by atoms with Crippen LogP contribution in [0.3, 0.4) is 0 Å². The molecule has 3 rings (SSSR count). The summed E-state index contributed by atoms with van der Waals surface area (Å²) in [5.41, 5.74) is 2.70. The van der Waals surface area contributed by atoms with Crippen molar-refractivity contribution in [2.24, 2.45) is 0 Å². The fraction of sp³-hybridized carbons (Fsp3) is 0.323.